The molecule has 0 bridgehead atoms. The van der Waals surface area contributed by atoms with Gasteiger partial charge in [-0.05, 0) is 49.7 Å². The molecule has 4 aromatic rings. The Morgan fingerprint density at radius 3 is 2.58 bits per heavy atom. The van der Waals surface area contributed by atoms with Crippen molar-refractivity contribution in [2.75, 3.05) is 13.7 Å². The molecule has 31 heavy (non-hydrogen) atoms. The number of ether oxygens (including phenoxy) is 2. The first kappa shape index (κ1) is 20.5. The largest absolute Gasteiger partial charge is 0.493 e. The van der Waals surface area contributed by atoms with Gasteiger partial charge >= 0.3 is 0 Å². The summed E-state index contributed by atoms with van der Waals surface area (Å²) in [5.41, 5.74) is 4.26. The zero-order valence-corrected chi connectivity index (χ0v) is 17.8. The number of hydrogen-bond acceptors (Lipinski definition) is 5. The lowest BCUT2D eigenvalue weighted by atomic mass is 10.0. The maximum absolute atomic E-state index is 12.8. The molecule has 0 aliphatic rings. The Morgan fingerprint density at radius 2 is 1.84 bits per heavy atom. The van der Waals surface area contributed by atoms with Crippen LogP contribution in [-0.4, -0.2) is 24.8 Å². The standard InChI is InChI=1S/C25H24N2O4/c1-4-30-22-12-7-17(13-23(22)29-3)15-26-25(28)19-10-11-21-20(14-19)24(31-27-21)18-8-5-16(2)6-9-18/h5-14H,4,15H2,1-3H3,(H,26,28). The van der Waals surface area contributed by atoms with Crippen molar-refractivity contribution in [3.05, 3.63) is 77.4 Å². The van der Waals surface area contributed by atoms with Gasteiger partial charge in [0.05, 0.1) is 19.1 Å². The average Bonchev–Trinajstić information content (AvgIpc) is 3.22. The van der Waals surface area contributed by atoms with E-state index in [1.165, 1.54) is 5.56 Å². The number of amides is 1. The summed E-state index contributed by atoms with van der Waals surface area (Å²) >= 11 is 0. The first-order valence-corrected chi connectivity index (χ1v) is 10.1. The van der Waals surface area contributed by atoms with Crippen LogP contribution >= 0.6 is 0 Å². The fourth-order valence-electron chi connectivity index (χ4n) is 3.38. The molecule has 3 aromatic carbocycles. The van der Waals surface area contributed by atoms with Crippen LogP contribution in [0.1, 0.15) is 28.4 Å². The van der Waals surface area contributed by atoms with Gasteiger partial charge in [0.2, 0.25) is 0 Å². The topological polar surface area (TPSA) is 73.6 Å². The second-order valence-electron chi connectivity index (χ2n) is 7.21. The Bertz CT molecular complexity index is 1210. The number of hydrogen-bond donors (Lipinski definition) is 1. The Hall–Kier alpha value is -3.80. The third kappa shape index (κ3) is 4.38. The molecule has 0 atom stereocenters. The molecule has 6 nitrogen and oxygen atoms in total. The Kier molecular flexibility index (Phi) is 5.89. The molecule has 4 rings (SSSR count). The molecule has 0 saturated heterocycles. The molecule has 1 amide bonds. The zero-order chi connectivity index (χ0) is 21.8. The van der Waals surface area contributed by atoms with Crippen molar-refractivity contribution in [1.82, 2.24) is 10.5 Å². The minimum absolute atomic E-state index is 0.175. The van der Waals surface area contributed by atoms with E-state index in [1.54, 1.807) is 19.2 Å². The van der Waals surface area contributed by atoms with Crippen LogP contribution in [0.25, 0.3) is 22.2 Å². The van der Waals surface area contributed by atoms with Gasteiger partial charge < -0.3 is 19.3 Å². The number of benzene rings is 3. The van der Waals surface area contributed by atoms with Crippen LogP contribution in [0, 0.1) is 6.92 Å². The summed E-state index contributed by atoms with van der Waals surface area (Å²) in [7, 11) is 1.60. The third-order valence-electron chi connectivity index (χ3n) is 5.03. The van der Waals surface area contributed by atoms with Gasteiger partial charge in [0.25, 0.3) is 5.91 Å². The minimum Gasteiger partial charge on any atom is -0.493 e. The summed E-state index contributed by atoms with van der Waals surface area (Å²) < 4.78 is 16.5. The Balaban J connectivity index is 1.53. The molecule has 1 aromatic heterocycles. The number of rotatable bonds is 7. The monoisotopic (exact) mass is 416 g/mol. The highest BCUT2D eigenvalue weighted by Gasteiger charge is 2.14. The SMILES string of the molecule is CCOc1ccc(CNC(=O)c2ccc3noc(-c4ccc(C)cc4)c3c2)cc1OC. The third-order valence-corrected chi connectivity index (χ3v) is 5.03. The van der Waals surface area contributed by atoms with E-state index in [-0.39, 0.29) is 5.91 Å². The highest BCUT2D eigenvalue weighted by molar-refractivity contribution is 6.01. The van der Waals surface area contributed by atoms with E-state index in [2.05, 4.69) is 10.5 Å². The van der Waals surface area contributed by atoms with E-state index in [0.717, 1.165) is 16.5 Å². The van der Waals surface area contributed by atoms with Crippen LogP contribution in [0.4, 0.5) is 0 Å². The molecule has 0 unspecified atom stereocenters. The van der Waals surface area contributed by atoms with E-state index >= 15 is 0 Å². The molecular weight excluding hydrogens is 392 g/mol. The average molecular weight is 416 g/mol. The highest BCUT2D eigenvalue weighted by Crippen LogP contribution is 2.30. The van der Waals surface area contributed by atoms with E-state index in [4.69, 9.17) is 14.0 Å². The van der Waals surface area contributed by atoms with Crippen molar-refractivity contribution in [3.8, 4) is 22.8 Å². The lowest BCUT2D eigenvalue weighted by Gasteiger charge is -2.11. The molecule has 158 valence electrons. The van der Waals surface area contributed by atoms with Crippen LogP contribution in [-0.2, 0) is 6.54 Å². The maximum atomic E-state index is 12.8. The number of fused-ring (bicyclic) bond motifs is 1. The number of carbonyl (C=O) groups excluding carboxylic acids is 1. The predicted octanol–water partition coefficient (Wildman–Crippen LogP) is 5.14. The maximum Gasteiger partial charge on any atom is 0.251 e. The second-order valence-corrected chi connectivity index (χ2v) is 7.21. The molecule has 1 N–H and O–H groups in total. The van der Waals surface area contributed by atoms with Crippen LogP contribution in [0.5, 0.6) is 11.5 Å². The van der Waals surface area contributed by atoms with Gasteiger partial charge in [-0.1, -0.05) is 41.1 Å². The van der Waals surface area contributed by atoms with Crippen molar-refractivity contribution in [1.29, 1.82) is 0 Å². The van der Waals surface area contributed by atoms with Crippen LogP contribution in [0.15, 0.2) is 65.2 Å². The van der Waals surface area contributed by atoms with Crippen molar-refractivity contribution in [3.63, 3.8) is 0 Å². The summed E-state index contributed by atoms with van der Waals surface area (Å²) in [5.74, 6) is 1.80. The minimum atomic E-state index is -0.175. The quantitative estimate of drug-likeness (QED) is 0.452. The number of nitrogens with one attached hydrogen (secondary N) is 1. The Morgan fingerprint density at radius 1 is 1.03 bits per heavy atom. The van der Waals surface area contributed by atoms with Crippen LogP contribution in [0.3, 0.4) is 0 Å². The number of aryl methyl sites for hydroxylation is 1. The number of aromatic nitrogens is 1. The van der Waals surface area contributed by atoms with Crippen molar-refractivity contribution in [2.24, 2.45) is 0 Å². The molecule has 0 spiro atoms. The van der Waals surface area contributed by atoms with Crippen molar-refractivity contribution in [2.45, 2.75) is 20.4 Å². The summed E-state index contributed by atoms with van der Waals surface area (Å²) in [4.78, 5) is 12.8. The lowest BCUT2D eigenvalue weighted by molar-refractivity contribution is 0.0951. The highest BCUT2D eigenvalue weighted by atomic mass is 16.5. The zero-order valence-electron chi connectivity index (χ0n) is 17.8. The summed E-state index contributed by atoms with van der Waals surface area (Å²) in [6, 6.07) is 19.0. The van der Waals surface area contributed by atoms with Gasteiger partial charge in [0.1, 0.15) is 5.52 Å². The number of methoxy groups -OCH3 is 1. The summed E-state index contributed by atoms with van der Waals surface area (Å²) in [5, 5.41) is 7.88. The molecule has 0 aliphatic carbocycles. The van der Waals surface area contributed by atoms with E-state index in [0.29, 0.717) is 41.5 Å². The van der Waals surface area contributed by atoms with Gasteiger partial charge in [-0.15, -0.1) is 0 Å². The first-order valence-electron chi connectivity index (χ1n) is 10.1. The Labute approximate surface area is 180 Å². The van der Waals surface area contributed by atoms with Crippen LogP contribution in [0.2, 0.25) is 0 Å². The molecule has 6 heteroatoms. The van der Waals surface area contributed by atoms with E-state index < -0.39 is 0 Å². The molecule has 0 fully saturated rings. The lowest BCUT2D eigenvalue weighted by Crippen LogP contribution is -2.22. The first-order chi connectivity index (χ1) is 15.1. The molecule has 0 saturated carbocycles. The van der Waals surface area contributed by atoms with Crippen LogP contribution < -0.4 is 14.8 Å². The van der Waals surface area contributed by atoms with Gasteiger partial charge in [-0.2, -0.15) is 0 Å². The van der Waals surface area contributed by atoms with E-state index in [1.807, 2.05) is 62.4 Å². The van der Waals surface area contributed by atoms with Gasteiger partial charge in [-0.25, -0.2) is 0 Å². The molecule has 0 radical (unpaired) electrons. The smallest absolute Gasteiger partial charge is 0.251 e. The van der Waals surface area contributed by atoms with Gasteiger partial charge in [-0.3, -0.25) is 4.79 Å². The molecule has 1 heterocycles. The second kappa shape index (κ2) is 8.92. The number of carbonyl (C=O) groups is 1. The van der Waals surface area contributed by atoms with Crippen molar-refractivity contribution < 1.29 is 18.8 Å². The molecule has 0 aliphatic heterocycles. The van der Waals surface area contributed by atoms with Gasteiger partial charge in [0.15, 0.2) is 17.3 Å². The number of nitrogens with zero attached hydrogens (tertiary/aromatic N) is 1. The van der Waals surface area contributed by atoms with E-state index in [9.17, 15) is 4.79 Å². The fraction of sp³-hybridized carbons (Fsp3) is 0.200. The summed E-state index contributed by atoms with van der Waals surface area (Å²) in [6.07, 6.45) is 0. The fourth-order valence-corrected chi connectivity index (χ4v) is 3.38. The predicted molar refractivity (Wildman–Crippen MR) is 120 cm³/mol. The van der Waals surface area contributed by atoms with Gasteiger partial charge in [0, 0.05) is 17.7 Å². The molecular formula is C25H24N2O4. The van der Waals surface area contributed by atoms with Crippen molar-refractivity contribution >= 4 is 16.8 Å². The normalized spacial score (nSPS) is 10.8. The summed E-state index contributed by atoms with van der Waals surface area (Å²) in [6.45, 7) is 4.88.